The summed E-state index contributed by atoms with van der Waals surface area (Å²) in [4.78, 5) is 5.67. The maximum atomic E-state index is 12.5. The Morgan fingerprint density at radius 2 is 1.92 bits per heavy atom. The number of rotatable bonds is 4. The molecule has 4 rings (SSSR count). The molecule has 2 heterocycles. The van der Waals surface area contributed by atoms with Crippen LogP contribution in [0.4, 0.5) is 0 Å². The first-order valence-corrected chi connectivity index (χ1v) is 9.92. The molecule has 0 spiro atoms. The Kier molecular flexibility index (Phi) is 4.30. The van der Waals surface area contributed by atoms with E-state index in [0.717, 1.165) is 36.0 Å². The van der Waals surface area contributed by atoms with Crippen molar-refractivity contribution in [3.05, 3.63) is 66.4 Å². The number of nitrogens with zero attached hydrogens (tertiary/aromatic N) is 1. The highest BCUT2D eigenvalue weighted by atomic mass is 32.2. The van der Waals surface area contributed by atoms with Crippen molar-refractivity contribution in [2.24, 2.45) is 0 Å². The van der Waals surface area contributed by atoms with Gasteiger partial charge in [-0.15, -0.1) is 0 Å². The van der Waals surface area contributed by atoms with Gasteiger partial charge in [-0.1, -0.05) is 24.3 Å². The predicted octanol–water partition coefficient (Wildman–Crippen LogP) is 3.65. The van der Waals surface area contributed by atoms with Crippen molar-refractivity contribution >= 4 is 26.6 Å². The molecular formula is C20H20N2O3S. The normalized spacial score (nSPS) is 15.8. The van der Waals surface area contributed by atoms with Crippen LogP contribution in [0.1, 0.15) is 12.0 Å². The number of aromatic amines is 1. The van der Waals surface area contributed by atoms with Crippen LogP contribution in [0.5, 0.6) is 5.75 Å². The number of hydrogen-bond donors (Lipinski definition) is 1. The van der Waals surface area contributed by atoms with E-state index in [0.29, 0.717) is 5.75 Å². The van der Waals surface area contributed by atoms with Crippen molar-refractivity contribution in [3.8, 4) is 5.75 Å². The molecule has 1 aliphatic rings. The van der Waals surface area contributed by atoms with Gasteiger partial charge in [-0.05, 0) is 49.4 Å². The molecule has 26 heavy (non-hydrogen) atoms. The lowest BCUT2D eigenvalue weighted by atomic mass is 9.99. The third-order valence-electron chi connectivity index (χ3n) is 4.65. The topological polar surface area (TPSA) is 62.4 Å². The molecule has 0 aliphatic carbocycles. The molecule has 3 aromatic rings. The molecule has 2 aromatic carbocycles. The first-order valence-electron chi connectivity index (χ1n) is 8.51. The van der Waals surface area contributed by atoms with Crippen LogP contribution in [0.25, 0.3) is 16.5 Å². The quantitative estimate of drug-likeness (QED) is 0.714. The van der Waals surface area contributed by atoms with Gasteiger partial charge in [-0.3, -0.25) is 0 Å². The number of benzene rings is 2. The van der Waals surface area contributed by atoms with Crippen molar-refractivity contribution in [2.75, 3.05) is 20.1 Å². The van der Waals surface area contributed by atoms with Crippen LogP contribution >= 0.6 is 0 Å². The van der Waals surface area contributed by atoms with Crippen LogP contribution in [0.3, 0.4) is 0 Å². The molecule has 1 N–H and O–H groups in total. The average Bonchev–Trinajstić information content (AvgIpc) is 3.06. The second-order valence-corrected chi connectivity index (χ2v) is 8.05. The summed E-state index contributed by atoms with van der Waals surface area (Å²) < 4.78 is 30.3. The first-order chi connectivity index (χ1) is 12.5. The number of fused-ring (bicyclic) bond motifs is 1. The Morgan fingerprint density at radius 1 is 1.12 bits per heavy atom. The fraction of sp³-hybridized carbons (Fsp3) is 0.200. The predicted molar refractivity (Wildman–Crippen MR) is 103 cm³/mol. The summed E-state index contributed by atoms with van der Waals surface area (Å²) in [7, 11) is -1.74. The molecule has 134 valence electrons. The monoisotopic (exact) mass is 368 g/mol. The summed E-state index contributed by atoms with van der Waals surface area (Å²) in [6.07, 6.45) is 5.18. The van der Waals surface area contributed by atoms with E-state index in [-0.39, 0.29) is 4.90 Å². The zero-order valence-electron chi connectivity index (χ0n) is 14.5. The van der Waals surface area contributed by atoms with E-state index >= 15 is 0 Å². The van der Waals surface area contributed by atoms with Gasteiger partial charge in [0.15, 0.2) is 0 Å². The second kappa shape index (κ2) is 6.63. The van der Waals surface area contributed by atoms with E-state index in [9.17, 15) is 8.42 Å². The zero-order valence-corrected chi connectivity index (χ0v) is 15.3. The third-order valence-corrected chi connectivity index (χ3v) is 5.91. The molecule has 0 atom stereocenters. The minimum Gasteiger partial charge on any atom is -0.379 e. The Morgan fingerprint density at radius 3 is 2.65 bits per heavy atom. The minimum absolute atomic E-state index is 0.146. The lowest BCUT2D eigenvalue weighted by Crippen LogP contribution is -2.23. The molecule has 0 radical (unpaired) electrons. The van der Waals surface area contributed by atoms with E-state index in [1.807, 2.05) is 12.3 Å². The number of hydrogen-bond acceptors (Lipinski definition) is 4. The molecule has 1 aliphatic heterocycles. The standard InChI is InChI=1S/C20H20N2O3S/c1-22-11-9-15(10-12-22)19-14-21-20-8-7-16(13-18(19)20)25-26(23,24)17-5-3-2-4-6-17/h2-9,13-14,21H,10-12H2,1H3. The molecule has 0 saturated heterocycles. The molecule has 5 nitrogen and oxygen atoms in total. The van der Waals surface area contributed by atoms with Gasteiger partial charge in [0.25, 0.3) is 0 Å². The summed E-state index contributed by atoms with van der Waals surface area (Å²) >= 11 is 0. The van der Waals surface area contributed by atoms with Gasteiger partial charge in [-0.25, -0.2) is 0 Å². The van der Waals surface area contributed by atoms with E-state index in [2.05, 4.69) is 23.0 Å². The summed E-state index contributed by atoms with van der Waals surface area (Å²) in [6, 6.07) is 13.5. The zero-order chi connectivity index (χ0) is 18.1. The summed E-state index contributed by atoms with van der Waals surface area (Å²) in [5.41, 5.74) is 3.34. The summed E-state index contributed by atoms with van der Waals surface area (Å²) in [5.74, 6) is 0.315. The van der Waals surface area contributed by atoms with Gasteiger partial charge in [0, 0.05) is 35.8 Å². The average molecular weight is 368 g/mol. The van der Waals surface area contributed by atoms with Gasteiger partial charge in [0.1, 0.15) is 10.6 Å². The number of aromatic nitrogens is 1. The van der Waals surface area contributed by atoms with Crippen molar-refractivity contribution in [2.45, 2.75) is 11.3 Å². The Balaban J connectivity index is 1.69. The van der Waals surface area contributed by atoms with Crippen LogP contribution in [-0.2, 0) is 10.1 Å². The van der Waals surface area contributed by atoms with Crippen molar-refractivity contribution in [3.63, 3.8) is 0 Å². The Hall–Kier alpha value is -2.57. The molecule has 1 aromatic heterocycles. The Bertz CT molecular complexity index is 1070. The molecule has 6 heteroatoms. The maximum absolute atomic E-state index is 12.5. The molecule has 0 unspecified atom stereocenters. The lowest BCUT2D eigenvalue weighted by Gasteiger charge is -2.21. The van der Waals surface area contributed by atoms with E-state index in [1.54, 1.807) is 30.3 Å². The Labute approximate surface area is 153 Å². The highest BCUT2D eigenvalue weighted by Crippen LogP contribution is 2.32. The van der Waals surface area contributed by atoms with Crippen LogP contribution < -0.4 is 4.18 Å². The summed E-state index contributed by atoms with van der Waals surface area (Å²) in [5, 5.41) is 0.974. The van der Waals surface area contributed by atoms with Crippen molar-refractivity contribution in [1.82, 2.24) is 9.88 Å². The van der Waals surface area contributed by atoms with Gasteiger partial charge in [-0.2, -0.15) is 8.42 Å². The van der Waals surface area contributed by atoms with Crippen molar-refractivity contribution < 1.29 is 12.6 Å². The fourth-order valence-corrected chi connectivity index (χ4v) is 4.14. The molecule has 0 fully saturated rings. The molecule has 0 amide bonds. The lowest BCUT2D eigenvalue weighted by molar-refractivity contribution is 0.370. The molecule has 0 bridgehead atoms. The van der Waals surface area contributed by atoms with Gasteiger partial charge >= 0.3 is 10.1 Å². The van der Waals surface area contributed by atoms with Crippen LogP contribution in [0.2, 0.25) is 0 Å². The largest absolute Gasteiger partial charge is 0.379 e. The molecule has 0 saturated carbocycles. The second-order valence-electron chi connectivity index (χ2n) is 6.50. The maximum Gasteiger partial charge on any atom is 0.339 e. The van der Waals surface area contributed by atoms with Gasteiger partial charge in [0.05, 0.1) is 0 Å². The number of likely N-dealkylation sites (N-methyl/N-ethyl adjacent to an activating group) is 1. The van der Waals surface area contributed by atoms with Crippen molar-refractivity contribution in [1.29, 1.82) is 0 Å². The van der Waals surface area contributed by atoms with E-state index in [1.165, 1.54) is 17.7 Å². The van der Waals surface area contributed by atoms with E-state index < -0.39 is 10.1 Å². The van der Waals surface area contributed by atoms with Gasteiger partial charge < -0.3 is 14.1 Å². The molecular weight excluding hydrogens is 348 g/mol. The highest BCUT2D eigenvalue weighted by molar-refractivity contribution is 7.87. The highest BCUT2D eigenvalue weighted by Gasteiger charge is 2.18. The summed E-state index contributed by atoms with van der Waals surface area (Å²) in [6.45, 7) is 1.93. The number of H-pyrrole nitrogens is 1. The first kappa shape index (κ1) is 16.9. The fourth-order valence-electron chi connectivity index (χ4n) is 3.19. The van der Waals surface area contributed by atoms with E-state index in [4.69, 9.17) is 4.18 Å². The minimum atomic E-state index is -3.84. The van der Waals surface area contributed by atoms with Crippen LogP contribution in [0.15, 0.2) is 65.7 Å². The van der Waals surface area contributed by atoms with Crippen LogP contribution in [-0.4, -0.2) is 38.4 Å². The SMILES string of the molecule is CN1CC=C(c2c[nH]c3ccc(OS(=O)(=O)c4ccccc4)cc23)CC1. The van der Waals surface area contributed by atoms with Crippen LogP contribution in [0, 0.1) is 0 Å². The smallest absolute Gasteiger partial charge is 0.339 e. The number of nitrogens with one attached hydrogen (secondary N) is 1. The third kappa shape index (κ3) is 3.25. The van der Waals surface area contributed by atoms with Gasteiger partial charge in [0.2, 0.25) is 0 Å².